The molecule has 0 aliphatic rings. The van der Waals surface area contributed by atoms with E-state index in [1.165, 1.54) is 7.11 Å². The second kappa shape index (κ2) is 5.57. The van der Waals surface area contributed by atoms with Crippen LogP contribution in [0.2, 0.25) is 5.02 Å². The molecule has 1 N–H and O–H groups in total. The van der Waals surface area contributed by atoms with Crippen molar-refractivity contribution >= 4 is 40.8 Å². The zero-order valence-electron chi connectivity index (χ0n) is 12.0. The molecule has 0 saturated heterocycles. The van der Waals surface area contributed by atoms with E-state index in [0.717, 1.165) is 0 Å². The first kappa shape index (κ1) is 15.7. The van der Waals surface area contributed by atoms with Crippen molar-refractivity contribution in [2.45, 2.75) is 26.8 Å². The molecule has 2 rings (SSSR count). The number of esters is 1. The van der Waals surface area contributed by atoms with Crippen LogP contribution in [0.4, 0.5) is 0 Å². The number of halogens is 1. The Morgan fingerprint density at radius 1 is 1.48 bits per heavy atom. The number of carbonyl (C=O) groups excluding carboxylic acids is 1. The van der Waals surface area contributed by atoms with E-state index >= 15 is 0 Å². The average Bonchev–Trinajstić information content (AvgIpc) is 2.39. The molecule has 112 valence electrons. The predicted molar refractivity (Wildman–Crippen MR) is 82.7 cm³/mol. The molecular weight excluding hydrogens is 314 g/mol. The number of nitrogens with one attached hydrogen (secondary N) is 1. The van der Waals surface area contributed by atoms with E-state index in [1.54, 1.807) is 11.5 Å². The average molecular weight is 328 g/mol. The number of aryl methyl sites for hydroxylation is 1. The van der Waals surface area contributed by atoms with Gasteiger partial charge in [0.25, 0.3) is 5.56 Å². The molecule has 0 saturated carbocycles. The Bertz CT molecular complexity index is 854. The molecule has 0 atom stereocenters. The van der Waals surface area contributed by atoms with Gasteiger partial charge in [-0.15, -0.1) is 0 Å². The maximum absolute atomic E-state index is 12.2. The van der Waals surface area contributed by atoms with E-state index in [1.807, 2.05) is 13.8 Å². The van der Waals surface area contributed by atoms with E-state index in [4.69, 9.17) is 28.6 Å². The van der Waals surface area contributed by atoms with Crippen LogP contribution in [0.1, 0.15) is 35.9 Å². The van der Waals surface area contributed by atoms with Crippen LogP contribution >= 0.6 is 23.8 Å². The molecule has 8 heteroatoms. The van der Waals surface area contributed by atoms with E-state index in [9.17, 15) is 9.59 Å². The number of aromatic amines is 1. The molecule has 0 radical (unpaired) electrons. The summed E-state index contributed by atoms with van der Waals surface area (Å²) >= 11 is 11.3. The highest BCUT2D eigenvalue weighted by molar-refractivity contribution is 7.71. The lowest BCUT2D eigenvalue weighted by atomic mass is 10.1. The maximum atomic E-state index is 12.2. The van der Waals surface area contributed by atoms with Gasteiger partial charge in [0.15, 0.2) is 4.77 Å². The van der Waals surface area contributed by atoms with Gasteiger partial charge in [0.1, 0.15) is 5.65 Å². The van der Waals surface area contributed by atoms with Crippen molar-refractivity contribution in [3.05, 3.63) is 31.4 Å². The van der Waals surface area contributed by atoms with Crippen molar-refractivity contribution in [2.24, 2.45) is 0 Å². The fraction of sp³-hybridized carbons (Fsp3) is 0.385. The molecule has 2 heterocycles. The number of fused-ring (bicyclic) bond motifs is 1. The molecule has 2 aromatic rings. The van der Waals surface area contributed by atoms with E-state index < -0.39 is 11.5 Å². The Morgan fingerprint density at radius 2 is 2.10 bits per heavy atom. The highest BCUT2D eigenvalue weighted by Crippen LogP contribution is 2.27. The molecule has 2 aromatic heterocycles. The van der Waals surface area contributed by atoms with Gasteiger partial charge in [-0.2, -0.15) is 0 Å². The largest absolute Gasteiger partial charge is 0.465 e. The first-order chi connectivity index (χ1) is 9.79. The van der Waals surface area contributed by atoms with Gasteiger partial charge in [0, 0.05) is 6.04 Å². The SMILES string of the molecule is COC(=O)c1c(Cl)c(C)nc2c1c(=O)[nH]c(=S)n2C(C)C. The van der Waals surface area contributed by atoms with Gasteiger partial charge in [-0.05, 0) is 33.0 Å². The quantitative estimate of drug-likeness (QED) is 0.678. The summed E-state index contributed by atoms with van der Waals surface area (Å²) in [5, 5.41) is 0.187. The lowest BCUT2D eigenvalue weighted by Gasteiger charge is -2.16. The second-order valence-corrected chi connectivity index (χ2v) is 5.56. The van der Waals surface area contributed by atoms with Gasteiger partial charge < -0.3 is 4.74 Å². The molecule has 0 aliphatic carbocycles. The fourth-order valence-electron chi connectivity index (χ4n) is 2.14. The Balaban J connectivity index is 3.15. The van der Waals surface area contributed by atoms with Crippen molar-refractivity contribution in [3.63, 3.8) is 0 Å². The van der Waals surface area contributed by atoms with Crippen molar-refractivity contribution in [1.29, 1.82) is 0 Å². The van der Waals surface area contributed by atoms with Gasteiger partial charge in [0.05, 0.1) is 28.8 Å². The number of aromatic nitrogens is 3. The number of carbonyl (C=O) groups is 1. The summed E-state index contributed by atoms with van der Waals surface area (Å²) in [6.07, 6.45) is 0. The van der Waals surface area contributed by atoms with Crippen LogP contribution in [0.25, 0.3) is 11.0 Å². The Hall–Kier alpha value is -1.73. The molecular formula is C13H14ClN3O3S. The molecule has 6 nitrogen and oxygen atoms in total. The third-order valence-corrected chi connectivity index (χ3v) is 3.85. The molecule has 0 fully saturated rings. The van der Waals surface area contributed by atoms with Crippen molar-refractivity contribution in [2.75, 3.05) is 7.11 Å². The fourth-order valence-corrected chi connectivity index (χ4v) is 2.75. The Morgan fingerprint density at radius 3 is 2.62 bits per heavy atom. The molecule has 0 aromatic carbocycles. The van der Waals surface area contributed by atoms with Crippen molar-refractivity contribution < 1.29 is 9.53 Å². The summed E-state index contributed by atoms with van der Waals surface area (Å²) in [5.74, 6) is -0.687. The summed E-state index contributed by atoms with van der Waals surface area (Å²) in [6.45, 7) is 5.46. The first-order valence-electron chi connectivity index (χ1n) is 6.22. The van der Waals surface area contributed by atoms with Crippen LogP contribution in [0.15, 0.2) is 4.79 Å². The van der Waals surface area contributed by atoms with Gasteiger partial charge in [-0.1, -0.05) is 11.6 Å². The summed E-state index contributed by atoms with van der Waals surface area (Å²) in [5.41, 5.74) is 0.244. The maximum Gasteiger partial charge on any atom is 0.340 e. The highest BCUT2D eigenvalue weighted by Gasteiger charge is 2.23. The molecule has 0 amide bonds. The summed E-state index contributed by atoms with van der Waals surface area (Å²) in [6, 6.07) is -0.0459. The van der Waals surface area contributed by atoms with E-state index in [2.05, 4.69) is 9.97 Å². The Labute approximate surface area is 130 Å². The minimum atomic E-state index is -0.687. The molecule has 21 heavy (non-hydrogen) atoms. The minimum absolute atomic E-state index is 0.00677. The van der Waals surface area contributed by atoms with Crippen LogP contribution in [-0.4, -0.2) is 27.6 Å². The number of pyridine rings is 1. The van der Waals surface area contributed by atoms with Gasteiger partial charge >= 0.3 is 5.97 Å². The standard InChI is InChI=1S/C13H14ClN3O3S/c1-5(2)17-10-8(11(18)16-13(17)21)7(12(19)20-4)9(14)6(3)15-10/h5H,1-4H3,(H,16,18,21). The zero-order valence-corrected chi connectivity index (χ0v) is 13.6. The number of hydrogen-bond donors (Lipinski definition) is 1. The lowest BCUT2D eigenvalue weighted by Crippen LogP contribution is -2.21. The third kappa shape index (κ3) is 2.47. The van der Waals surface area contributed by atoms with Gasteiger partial charge in [-0.3, -0.25) is 14.3 Å². The van der Waals surface area contributed by atoms with Crippen LogP contribution in [0.5, 0.6) is 0 Å². The van der Waals surface area contributed by atoms with Gasteiger partial charge in [0.2, 0.25) is 0 Å². The highest BCUT2D eigenvalue weighted by atomic mass is 35.5. The predicted octanol–water partition coefficient (Wildman–Crippen LogP) is 2.78. The van der Waals surface area contributed by atoms with Crippen molar-refractivity contribution in [1.82, 2.24) is 14.5 Å². The number of hydrogen-bond acceptors (Lipinski definition) is 5. The first-order valence-corrected chi connectivity index (χ1v) is 7.01. The van der Waals surface area contributed by atoms with Crippen LogP contribution in [0, 0.1) is 11.7 Å². The van der Waals surface area contributed by atoms with Crippen LogP contribution in [0.3, 0.4) is 0 Å². The summed E-state index contributed by atoms with van der Waals surface area (Å²) in [7, 11) is 1.23. The number of methoxy groups -OCH3 is 1. The third-order valence-electron chi connectivity index (χ3n) is 3.08. The van der Waals surface area contributed by atoms with E-state index in [-0.39, 0.29) is 26.8 Å². The topological polar surface area (TPSA) is 77.0 Å². The number of ether oxygens (including phenoxy) is 1. The lowest BCUT2D eigenvalue weighted by molar-refractivity contribution is 0.0603. The van der Waals surface area contributed by atoms with Crippen LogP contribution in [-0.2, 0) is 4.74 Å². The molecule has 0 unspecified atom stereocenters. The molecule has 0 aliphatic heterocycles. The number of H-pyrrole nitrogens is 1. The minimum Gasteiger partial charge on any atom is -0.465 e. The van der Waals surface area contributed by atoms with E-state index in [0.29, 0.717) is 11.3 Å². The summed E-state index contributed by atoms with van der Waals surface area (Å²) < 4.78 is 6.64. The number of nitrogens with zero attached hydrogens (tertiary/aromatic N) is 2. The molecule has 0 spiro atoms. The smallest absolute Gasteiger partial charge is 0.340 e. The van der Waals surface area contributed by atoms with Gasteiger partial charge in [-0.25, -0.2) is 9.78 Å². The zero-order chi connectivity index (χ0) is 15.9. The van der Waals surface area contributed by atoms with Crippen molar-refractivity contribution in [3.8, 4) is 0 Å². The Kier molecular flexibility index (Phi) is 4.15. The van der Waals surface area contributed by atoms with Crippen LogP contribution < -0.4 is 5.56 Å². The monoisotopic (exact) mass is 327 g/mol. The number of rotatable bonds is 2. The summed E-state index contributed by atoms with van der Waals surface area (Å²) in [4.78, 5) is 31.1. The molecule has 0 bridgehead atoms. The normalized spacial score (nSPS) is 11.1. The second-order valence-electron chi connectivity index (χ2n) is 4.80.